The molecule has 0 amide bonds. The number of rotatable bonds is 6. The van der Waals surface area contributed by atoms with Gasteiger partial charge in [-0.1, -0.05) is 39.0 Å². The van der Waals surface area contributed by atoms with Gasteiger partial charge in [-0.15, -0.1) is 10.2 Å². The molecule has 2 heterocycles. The van der Waals surface area contributed by atoms with E-state index in [0.29, 0.717) is 12.0 Å². The number of hydrogen-bond acceptors (Lipinski definition) is 4. The van der Waals surface area contributed by atoms with Crippen LogP contribution in [0.3, 0.4) is 0 Å². The van der Waals surface area contributed by atoms with E-state index in [0.717, 1.165) is 30.4 Å². The van der Waals surface area contributed by atoms with E-state index in [1.807, 2.05) is 11.8 Å². The van der Waals surface area contributed by atoms with Gasteiger partial charge in [-0.25, -0.2) is 0 Å². The highest BCUT2D eigenvalue weighted by Crippen LogP contribution is 2.23. The fourth-order valence-electron chi connectivity index (χ4n) is 2.28. The summed E-state index contributed by atoms with van der Waals surface area (Å²) in [7, 11) is 0. The number of nitrogens with zero attached hydrogens (tertiary/aromatic N) is 3. The number of aryl methyl sites for hydroxylation is 1. The molecule has 19 heavy (non-hydrogen) atoms. The molecule has 0 radical (unpaired) electrons. The van der Waals surface area contributed by atoms with Crippen LogP contribution in [0.5, 0.6) is 0 Å². The summed E-state index contributed by atoms with van der Waals surface area (Å²) in [5.41, 5.74) is 0. The number of fused-ring (bicyclic) bond motifs is 1. The van der Waals surface area contributed by atoms with E-state index in [4.69, 9.17) is 0 Å². The second-order valence-corrected chi connectivity index (χ2v) is 6.83. The maximum atomic E-state index is 4.36. The van der Waals surface area contributed by atoms with Crippen molar-refractivity contribution in [2.75, 3.05) is 12.3 Å². The Kier molecular flexibility index (Phi) is 5.70. The zero-order valence-corrected chi connectivity index (χ0v) is 13.2. The summed E-state index contributed by atoms with van der Waals surface area (Å²) in [6.45, 7) is 8.85. The highest BCUT2D eigenvalue weighted by Gasteiger charge is 2.15. The third-order valence-corrected chi connectivity index (χ3v) is 4.74. The van der Waals surface area contributed by atoms with E-state index in [9.17, 15) is 0 Å². The van der Waals surface area contributed by atoms with Crippen molar-refractivity contribution in [3.8, 4) is 0 Å². The second kappa shape index (κ2) is 7.29. The predicted molar refractivity (Wildman–Crippen MR) is 80.6 cm³/mol. The Morgan fingerprint density at radius 2 is 2.05 bits per heavy atom. The van der Waals surface area contributed by atoms with Crippen LogP contribution in [-0.4, -0.2) is 33.1 Å². The van der Waals surface area contributed by atoms with Gasteiger partial charge in [-0.2, -0.15) is 0 Å². The minimum absolute atomic E-state index is 0.566. The van der Waals surface area contributed by atoms with E-state index >= 15 is 0 Å². The zero-order chi connectivity index (χ0) is 13.7. The van der Waals surface area contributed by atoms with Crippen LogP contribution in [0.2, 0.25) is 0 Å². The maximum absolute atomic E-state index is 4.36. The third-order valence-electron chi connectivity index (χ3n) is 3.45. The first-order valence-electron chi connectivity index (χ1n) is 7.45. The van der Waals surface area contributed by atoms with Crippen LogP contribution in [0.15, 0.2) is 5.16 Å². The van der Waals surface area contributed by atoms with E-state index in [-0.39, 0.29) is 0 Å². The van der Waals surface area contributed by atoms with Crippen molar-refractivity contribution in [1.82, 2.24) is 20.1 Å². The lowest BCUT2D eigenvalue weighted by atomic mass is 10.2. The smallest absolute Gasteiger partial charge is 0.191 e. The fourth-order valence-corrected chi connectivity index (χ4v) is 3.28. The molecule has 0 aromatic carbocycles. The van der Waals surface area contributed by atoms with E-state index in [1.165, 1.54) is 25.1 Å². The Labute approximate surface area is 120 Å². The first-order valence-corrected chi connectivity index (χ1v) is 8.43. The van der Waals surface area contributed by atoms with Gasteiger partial charge >= 0.3 is 0 Å². The van der Waals surface area contributed by atoms with Crippen LogP contribution in [0, 0.1) is 5.92 Å². The molecule has 1 atom stereocenters. The highest BCUT2D eigenvalue weighted by molar-refractivity contribution is 7.99. The van der Waals surface area contributed by atoms with Gasteiger partial charge in [0.2, 0.25) is 0 Å². The fraction of sp³-hybridized carbons (Fsp3) is 0.857. The number of aromatic nitrogens is 3. The lowest BCUT2D eigenvalue weighted by Crippen LogP contribution is -2.28. The summed E-state index contributed by atoms with van der Waals surface area (Å²) in [6.07, 6.45) is 4.95. The van der Waals surface area contributed by atoms with Crippen molar-refractivity contribution in [3.05, 3.63) is 5.82 Å². The van der Waals surface area contributed by atoms with Crippen molar-refractivity contribution in [2.24, 2.45) is 5.92 Å². The van der Waals surface area contributed by atoms with Gasteiger partial charge in [0, 0.05) is 24.8 Å². The van der Waals surface area contributed by atoms with Gasteiger partial charge in [0.1, 0.15) is 5.82 Å². The van der Waals surface area contributed by atoms with E-state index in [1.54, 1.807) is 0 Å². The number of nitrogens with one attached hydrogen (secondary N) is 1. The maximum Gasteiger partial charge on any atom is 0.191 e. The molecule has 108 valence electrons. The van der Waals surface area contributed by atoms with Crippen LogP contribution in [-0.2, 0) is 13.0 Å². The molecular weight excluding hydrogens is 256 g/mol. The summed E-state index contributed by atoms with van der Waals surface area (Å²) in [4.78, 5) is 0. The van der Waals surface area contributed by atoms with Crippen LogP contribution < -0.4 is 5.32 Å². The van der Waals surface area contributed by atoms with Crippen LogP contribution in [0.4, 0.5) is 0 Å². The molecule has 1 aromatic rings. The van der Waals surface area contributed by atoms with Crippen molar-refractivity contribution in [1.29, 1.82) is 0 Å². The van der Waals surface area contributed by atoms with Gasteiger partial charge in [0.25, 0.3) is 0 Å². The average Bonchev–Trinajstić information content (AvgIpc) is 2.61. The summed E-state index contributed by atoms with van der Waals surface area (Å²) in [6, 6.07) is 0.566. The third kappa shape index (κ3) is 4.49. The Morgan fingerprint density at radius 3 is 2.84 bits per heavy atom. The molecule has 1 aromatic heterocycles. The average molecular weight is 282 g/mol. The molecule has 1 aliphatic heterocycles. The molecule has 0 spiro atoms. The molecule has 1 aliphatic rings. The summed E-state index contributed by atoms with van der Waals surface area (Å²) >= 11 is 1.86. The molecule has 5 heteroatoms. The van der Waals surface area contributed by atoms with Gasteiger partial charge in [0.05, 0.1) is 0 Å². The first-order chi connectivity index (χ1) is 9.16. The highest BCUT2D eigenvalue weighted by atomic mass is 32.2. The van der Waals surface area contributed by atoms with Crippen LogP contribution in [0.1, 0.15) is 45.9 Å². The monoisotopic (exact) mass is 282 g/mol. The van der Waals surface area contributed by atoms with Crippen molar-refractivity contribution < 1.29 is 0 Å². The van der Waals surface area contributed by atoms with Crippen molar-refractivity contribution in [3.63, 3.8) is 0 Å². The Balaban J connectivity index is 1.84. The van der Waals surface area contributed by atoms with Gasteiger partial charge in [0.15, 0.2) is 5.16 Å². The lowest BCUT2D eigenvalue weighted by molar-refractivity contribution is 0.509. The van der Waals surface area contributed by atoms with E-state index in [2.05, 4.69) is 40.9 Å². The minimum atomic E-state index is 0.566. The molecule has 4 nitrogen and oxygen atoms in total. The second-order valence-electron chi connectivity index (χ2n) is 5.84. The van der Waals surface area contributed by atoms with Crippen molar-refractivity contribution >= 4 is 11.8 Å². The molecule has 0 fully saturated rings. The molecule has 1 N–H and O–H groups in total. The molecular formula is C14H26N4S. The number of thioether (sulfide) groups is 1. The lowest BCUT2D eigenvalue weighted by Gasteiger charge is -2.14. The van der Waals surface area contributed by atoms with Gasteiger partial charge < -0.3 is 9.88 Å². The number of hydrogen-bond donors (Lipinski definition) is 1. The first kappa shape index (κ1) is 14.9. The topological polar surface area (TPSA) is 42.7 Å². The van der Waals surface area contributed by atoms with Gasteiger partial charge in [-0.3, -0.25) is 0 Å². The Hall–Kier alpha value is -0.550. The molecule has 0 bridgehead atoms. The minimum Gasteiger partial charge on any atom is -0.314 e. The molecule has 2 rings (SSSR count). The van der Waals surface area contributed by atoms with Crippen LogP contribution >= 0.6 is 11.8 Å². The Bertz CT molecular complexity index is 389. The Morgan fingerprint density at radius 1 is 1.21 bits per heavy atom. The summed E-state index contributed by atoms with van der Waals surface area (Å²) in [5.74, 6) is 2.96. The summed E-state index contributed by atoms with van der Waals surface area (Å²) in [5, 5.41) is 13.3. The predicted octanol–water partition coefficient (Wildman–Crippen LogP) is 2.73. The summed E-state index contributed by atoms with van der Waals surface area (Å²) < 4.78 is 2.33. The molecule has 1 unspecified atom stereocenters. The zero-order valence-electron chi connectivity index (χ0n) is 12.4. The molecule has 0 saturated carbocycles. The largest absolute Gasteiger partial charge is 0.314 e. The van der Waals surface area contributed by atoms with E-state index < -0.39 is 0 Å². The van der Waals surface area contributed by atoms with Crippen molar-refractivity contribution in [2.45, 2.75) is 64.2 Å². The standard InChI is InChI=1S/C14H26N4S/c1-11(2)15-9-12(3)10-19-14-17-16-13-7-5-4-6-8-18(13)14/h11-12,15H,4-10H2,1-3H3. The van der Waals surface area contributed by atoms with Gasteiger partial charge in [-0.05, 0) is 25.3 Å². The molecule has 0 aliphatic carbocycles. The molecule has 0 saturated heterocycles. The quantitative estimate of drug-likeness (QED) is 0.815. The normalized spacial score (nSPS) is 17.3. The SMILES string of the molecule is CC(CNC(C)C)CSc1nnc2n1CCCCC2. The van der Waals surface area contributed by atoms with Crippen LogP contribution in [0.25, 0.3) is 0 Å².